The summed E-state index contributed by atoms with van der Waals surface area (Å²) in [6, 6.07) is 10.7. The summed E-state index contributed by atoms with van der Waals surface area (Å²) in [7, 11) is -3.06. The molecule has 1 aromatic rings. The van der Waals surface area contributed by atoms with E-state index >= 15 is 0 Å². The Balaban J connectivity index is 0.00000300. The zero-order valence-electron chi connectivity index (χ0n) is 17.6. The van der Waals surface area contributed by atoms with Crippen molar-refractivity contribution >= 4 is 40.0 Å². The minimum atomic E-state index is -3.06. The van der Waals surface area contributed by atoms with Crippen LogP contribution in [0.25, 0.3) is 0 Å². The molecule has 0 bridgehead atoms. The minimum Gasteiger partial charge on any atom is -0.357 e. The van der Waals surface area contributed by atoms with E-state index in [2.05, 4.69) is 47.5 Å². The van der Waals surface area contributed by atoms with Gasteiger partial charge in [0.05, 0.1) is 6.26 Å². The molecule has 3 rings (SSSR count). The lowest BCUT2D eigenvalue weighted by Gasteiger charge is -2.30. The fourth-order valence-electron chi connectivity index (χ4n) is 4.20. The normalized spacial score (nSPS) is 21.8. The Bertz CT molecular complexity index is 749. The average Bonchev–Trinajstić information content (AvgIpc) is 3.14. The van der Waals surface area contributed by atoms with Gasteiger partial charge in [0, 0.05) is 39.3 Å². The van der Waals surface area contributed by atoms with E-state index in [1.54, 1.807) is 4.31 Å². The first kappa shape index (κ1) is 24.4. The van der Waals surface area contributed by atoms with E-state index in [1.165, 1.54) is 18.2 Å². The Morgan fingerprint density at radius 3 is 2.38 bits per heavy atom. The number of aliphatic imine (C=N–C) groups is 1. The lowest BCUT2D eigenvalue weighted by Crippen LogP contribution is -2.41. The SMILES string of the molecule is CCNC(=NCC1CCN(S(C)(=O)=O)CC1)N1CCC(Cc2ccccc2)C1.I. The Morgan fingerprint density at radius 2 is 1.76 bits per heavy atom. The number of halogens is 1. The van der Waals surface area contributed by atoms with E-state index < -0.39 is 10.0 Å². The lowest BCUT2D eigenvalue weighted by molar-refractivity contribution is 0.279. The van der Waals surface area contributed by atoms with Crippen molar-refractivity contribution in [2.45, 2.75) is 32.6 Å². The predicted octanol–water partition coefficient (Wildman–Crippen LogP) is 2.81. The van der Waals surface area contributed by atoms with Crippen LogP contribution in [0.1, 0.15) is 31.7 Å². The molecule has 2 aliphatic rings. The number of nitrogens with one attached hydrogen (secondary N) is 1. The van der Waals surface area contributed by atoms with Crippen LogP contribution in [0.2, 0.25) is 0 Å². The van der Waals surface area contributed by atoms with Crippen molar-refractivity contribution in [2.75, 3.05) is 45.5 Å². The molecule has 2 fully saturated rings. The summed E-state index contributed by atoms with van der Waals surface area (Å²) in [5, 5.41) is 3.45. The largest absolute Gasteiger partial charge is 0.357 e. The smallest absolute Gasteiger partial charge is 0.211 e. The number of nitrogens with zero attached hydrogens (tertiary/aromatic N) is 3. The van der Waals surface area contributed by atoms with Crippen LogP contribution in [0.3, 0.4) is 0 Å². The molecule has 2 heterocycles. The third-order valence-electron chi connectivity index (χ3n) is 5.83. The highest BCUT2D eigenvalue weighted by atomic mass is 127. The van der Waals surface area contributed by atoms with Gasteiger partial charge in [0.25, 0.3) is 0 Å². The van der Waals surface area contributed by atoms with Crippen LogP contribution < -0.4 is 5.32 Å². The molecule has 8 heteroatoms. The minimum absolute atomic E-state index is 0. The molecule has 0 radical (unpaired) electrons. The second kappa shape index (κ2) is 11.5. The van der Waals surface area contributed by atoms with Gasteiger partial charge in [-0.15, -0.1) is 24.0 Å². The van der Waals surface area contributed by atoms with Crippen molar-refractivity contribution in [1.82, 2.24) is 14.5 Å². The zero-order valence-corrected chi connectivity index (χ0v) is 20.7. The molecule has 6 nitrogen and oxygen atoms in total. The number of guanidine groups is 1. The maximum atomic E-state index is 11.7. The molecule has 1 atom stereocenters. The molecular weight excluding hydrogens is 499 g/mol. The highest BCUT2D eigenvalue weighted by molar-refractivity contribution is 14.0. The third-order valence-corrected chi connectivity index (χ3v) is 7.13. The molecule has 29 heavy (non-hydrogen) atoms. The first-order valence-electron chi connectivity index (χ1n) is 10.5. The topological polar surface area (TPSA) is 65.0 Å². The van der Waals surface area contributed by atoms with E-state index in [0.29, 0.717) is 24.9 Å². The molecule has 1 N–H and O–H groups in total. The fraction of sp³-hybridized carbons (Fsp3) is 0.667. The van der Waals surface area contributed by atoms with Crippen LogP contribution in [0.15, 0.2) is 35.3 Å². The summed E-state index contributed by atoms with van der Waals surface area (Å²) in [6.45, 7) is 7.10. The summed E-state index contributed by atoms with van der Waals surface area (Å²) in [5.74, 6) is 2.15. The molecule has 0 saturated carbocycles. The Kier molecular flexibility index (Phi) is 9.68. The Morgan fingerprint density at radius 1 is 1.10 bits per heavy atom. The fourth-order valence-corrected chi connectivity index (χ4v) is 5.08. The highest BCUT2D eigenvalue weighted by Gasteiger charge is 2.27. The molecule has 2 saturated heterocycles. The average molecular weight is 535 g/mol. The molecule has 1 aromatic carbocycles. The van der Waals surface area contributed by atoms with Gasteiger partial charge >= 0.3 is 0 Å². The van der Waals surface area contributed by atoms with Crippen LogP contribution in [0.4, 0.5) is 0 Å². The molecule has 1 unspecified atom stereocenters. The number of rotatable bonds is 6. The predicted molar refractivity (Wildman–Crippen MR) is 130 cm³/mol. The summed E-state index contributed by atoms with van der Waals surface area (Å²) in [5.41, 5.74) is 1.41. The standard InChI is InChI=1S/C21H34N4O2S.HI/c1-3-22-21(23-16-19-10-13-25(14-11-19)28(2,26)27)24-12-9-20(17-24)15-18-7-5-4-6-8-18;/h4-8,19-20H,3,9-17H2,1-2H3,(H,22,23);1H. The van der Waals surface area contributed by atoms with Gasteiger partial charge in [0.15, 0.2) is 5.96 Å². The number of sulfonamides is 1. The van der Waals surface area contributed by atoms with Gasteiger partial charge in [-0.3, -0.25) is 4.99 Å². The summed E-state index contributed by atoms with van der Waals surface area (Å²) >= 11 is 0. The summed E-state index contributed by atoms with van der Waals surface area (Å²) in [4.78, 5) is 7.30. The van der Waals surface area contributed by atoms with Crippen molar-refractivity contribution in [3.8, 4) is 0 Å². The second-order valence-corrected chi connectivity index (χ2v) is 10.1. The van der Waals surface area contributed by atoms with E-state index in [-0.39, 0.29) is 24.0 Å². The zero-order chi connectivity index (χ0) is 20.0. The first-order valence-corrected chi connectivity index (χ1v) is 12.3. The van der Waals surface area contributed by atoms with Crippen LogP contribution in [0.5, 0.6) is 0 Å². The summed E-state index contributed by atoms with van der Waals surface area (Å²) < 4.78 is 24.9. The molecule has 0 aliphatic carbocycles. The monoisotopic (exact) mass is 534 g/mol. The van der Waals surface area contributed by atoms with Crippen molar-refractivity contribution in [1.29, 1.82) is 0 Å². The van der Waals surface area contributed by atoms with Crippen LogP contribution >= 0.6 is 24.0 Å². The second-order valence-electron chi connectivity index (χ2n) is 8.09. The number of likely N-dealkylation sites (tertiary alicyclic amines) is 1. The van der Waals surface area contributed by atoms with Gasteiger partial charge in [0.2, 0.25) is 10.0 Å². The first-order chi connectivity index (χ1) is 13.5. The van der Waals surface area contributed by atoms with E-state index in [4.69, 9.17) is 4.99 Å². The van der Waals surface area contributed by atoms with Gasteiger partial charge in [0.1, 0.15) is 0 Å². The van der Waals surface area contributed by atoms with Gasteiger partial charge in [-0.2, -0.15) is 0 Å². The van der Waals surface area contributed by atoms with Gasteiger partial charge in [-0.05, 0) is 50.0 Å². The quantitative estimate of drug-likeness (QED) is 0.347. The Labute approximate surface area is 193 Å². The molecule has 164 valence electrons. The van der Waals surface area contributed by atoms with E-state index in [1.807, 2.05) is 0 Å². The van der Waals surface area contributed by atoms with Crippen molar-refractivity contribution in [2.24, 2.45) is 16.8 Å². The van der Waals surface area contributed by atoms with E-state index in [9.17, 15) is 8.42 Å². The number of piperidine rings is 1. The molecule has 0 amide bonds. The lowest BCUT2D eigenvalue weighted by atomic mass is 9.98. The van der Waals surface area contributed by atoms with Crippen LogP contribution in [-0.4, -0.2) is 69.1 Å². The molecule has 0 spiro atoms. The third kappa shape index (κ3) is 7.40. The van der Waals surface area contributed by atoms with E-state index in [0.717, 1.165) is 51.4 Å². The van der Waals surface area contributed by atoms with Gasteiger partial charge < -0.3 is 10.2 Å². The van der Waals surface area contributed by atoms with Crippen molar-refractivity contribution in [3.63, 3.8) is 0 Å². The van der Waals surface area contributed by atoms with Crippen LogP contribution in [-0.2, 0) is 16.4 Å². The number of hydrogen-bond donors (Lipinski definition) is 1. The van der Waals surface area contributed by atoms with Crippen LogP contribution in [0, 0.1) is 11.8 Å². The Hall–Kier alpha value is -0.870. The van der Waals surface area contributed by atoms with Gasteiger partial charge in [-0.25, -0.2) is 12.7 Å². The van der Waals surface area contributed by atoms with Gasteiger partial charge in [-0.1, -0.05) is 30.3 Å². The molecular formula is C21H35IN4O2S. The van der Waals surface area contributed by atoms with Crippen molar-refractivity contribution in [3.05, 3.63) is 35.9 Å². The summed E-state index contributed by atoms with van der Waals surface area (Å²) in [6.07, 6.45) is 5.42. The highest BCUT2D eigenvalue weighted by Crippen LogP contribution is 2.22. The molecule has 2 aliphatic heterocycles. The maximum Gasteiger partial charge on any atom is 0.211 e. The van der Waals surface area contributed by atoms with Crippen molar-refractivity contribution < 1.29 is 8.42 Å². The number of hydrogen-bond acceptors (Lipinski definition) is 3. The number of benzene rings is 1. The molecule has 0 aromatic heterocycles. The maximum absolute atomic E-state index is 11.7.